The molecule has 0 aliphatic carbocycles. The van der Waals surface area contributed by atoms with Gasteiger partial charge in [-0.2, -0.15) is 0 Å². The summed E-state index contributed by atoms with van der Waals surface area (Å²) in [6.45, 7) is -0.493. The number of hydrogen-bond acceptors (Lipinski definition) is 3. The summed E-state index contributed by atoms with van der Waals surface area (Å²) in [5.74, 6) is -2.90. The van der Waals surface area contributed by atoms with Gasteiger partial charge >= 0.3 is 0 Å². The van der Waals surface area contributed by atoms with E-state index in [1.165, 1.54) is 24.3 Å². The molecule has 0 saturated carbocycles. The standard InChI is InChI=1S/C17H17F3N2O3S/c1-26(24,25)22(17-14(19)3-2-4-15(17)20)10-9-21-16(23)11-12-5-7-13(18)8-6-12/h2-8H,9-11H2,1H3,(H,21,23). The van der Waals surface area contributed by atoms with E-state index in [2.05, 4.69) is 5.32 Å². The molecule has 0 spiro atoms. The second kappa shape index (κ2) is 8.22. The fourth-order valence-corrected chi connectivity index (χ4v) is 3.25. The molecule has 0 aliphatic heterocycles. The van der Waals surface area contributed by atoms with Gasteiger partial charge in [-0.15, -0.1) is 0 Å². The first-order valence-corrected chi connectivity index (χ1v) is 9.46. The highest BCUT2D eigenvalue weighted by Crippen LogP contribution is 2.24. The fourth-order valence-electron chi connectivity index (χ4n) is 2.32. The van der Waals surface area contributed by atoms with E-state index >= 15 is 0 Å². The van der Waals surface area contributed by atoms with Crippen molar-refractivity contribution in [2.75, 3.05) is 23.7 Å². The van der Waals surface area contributed by atoms with Gasteiger partial charge in [-0.3, -0.25) is 9.10 Å². The van der Waals surface area contributed by atoms with E-state index < -0.39 is 39.1 Å². The first-order chi connectivity index (χ1) is 12.2. The lowest BCUT2D eigenvalue weighted by Gasteiger charge is -2.23. The van der Waals surface area contributed by atoms with Crippen LogP contribution in [-0.2, 0) is 21.2 Å². The normalized spacial score (nSPS) is 11.2. The number of rotatable bonds is 7. The Morgan fingerprint density at radius 3 is 2.15 bits per heavy atom. The van der Waals surface area contributed by atoms with Crippen molar-refractivity contribution < 1.29 is 26.4 Å². The lowest BCUT2D eigenvalue weighted by Crippen LogP contribution is -2.39. The minimum Gasteiger partial charge on any atom is -0.354 e. The third kappa shape index (κ3) is 5.22. The lowest BCUT2D eigenvalue weighted by molar-refractivity contribution is -0.120. The number of amides is 1. The zero-order valence-electron chi connectivity index (χ0n) is 13.9. The molecule has 0 aromatic heterocycles. The van der Waals surface area contributed by atoms with Gasteiger partial charge in [0.2, 0.25) is 15.9 Å². The number of sulfonamides is 1. The topological polar surface area (TPSA) is 66.5 Å². The molecule has 0 bridgehead atoms. The Bertz CT molecular complexity index is 866. The van der Waals surface area contributed by atoms with E-state index in [1.54, 1.807) is 0 Å². The number of nitrogens with zero attached hydrogens (tertiary/aromatic N) is 1. The van der Waals surface area contributed by atoms with Crippen LogP contribution >= 0.6 is 0 Å². The van der Waals surface area contributed by atoms with Gasteiger partial charge in [-0.1, -0.05) is 18.2 Å². The summed E-state index contributed by atoms with van der Waals surface area (Å²) in [6, 6.07) is 8.36. The molecule has 2 aromatic rings. The van der Waals surface area contributed by atoms with Crippen LogP contribution in [0.2, 0.25) is 0 Å². The zero-order valence-corrected chi connectivity index (χ0v) is 14.7. The maximum Gasteiger partial charge on any atom is 0.232 e. The maximum atomic E-state index is 13.9. The number of nitrogens with one attached hydrogen (secondary N) is 1. The molecule has 1 amide bonds. The third-order valence-corrected chi connectivity index (χ3v) is 4.67. The second-order valence-electron chi connectivity index (χ2n) is 5.56. The summed E-state index contributed by atoms with van der Waals surface area (Å²) in [4.78, 5) is 11.9. The minimum atomic E-state index is -3.96. The van der Waals surface area contributed by atoms with Crippen LogP contribution in [0.25, 0.3) is 0 Å². The van der Waals surface area contributed by atoms with Crippen LogP contribution in [0.5, 0.6) is 0 Å². The number of para-hydroxylation sites is 1. The van der Waals surface area contributed by atoms with E-state index in [0.29, 0.717) is 9.87 Å². The van der Waals surface area contributed by atoms with Crippen molar-refractivity contribution in [1.82, 2.24) is 5.32 Å². The number of carbonyl (C=O) groups is 1. The Morgan fingerprint density at radius 1 is 1.04 bits per heavy atom. The van der Waals surface area contributed by atoms with Crippen molar-refractivity contribution in [3.05, 3.63) is 65.5 Å². The Morgan fingerprint density at radius 2 is 1.62 bits per heavy atom. The number of halogens is 3. The molecule has 0 heterocycles. The molecule has 26 heavy (non-hydrogen) atoms. The average molecular weight is 386 g/mol. The number of carbonyl (C=O) groups excluding carboxylic acids is 1. The first-order valence-electron chi connectivity index (χ1n) is 7.61. The van der Waals surface area contributed by atoms with Gasteiger partial charge < -0.3 is 5.32 Å². The van der Waals surface area contributed by atoms with Gasteiger partial charge in [0, 0.05) is 6.54 Å². The number of hydrogen-bond donors (Lipinski definition) is 1. The Balaban J connectivity index is 2.02. The van der Waals surface area contributed by atoms with E-state index in [-0.39, 0.29) is 19.5 Å². The van der Waals surface area contributed by atoms with E-state index in [9.17, 15) is 26.4 Å². The summed E-state index contributed by atoms with van der Waals surface area (Å²) in [7, 11) is -3.96. The monoisotopic (exact) mass is 386 g/mol. The molecule has 2 rings (SSSR count). The van der Waals surface area contributed by atoms with Crippen molar-refractivity contribution in [3.8, 4) is 0 Å². The Labute approximate surface area is 149 Å². The van der Waals surface area contributed by atoms with E-state index in [0.717, 1.165) is 24.5 Å². The summed E-state index contributed by atoms with van der Waals surface area (Å²) < 4.78 is 64.9. The van der Waals surface area contributed by atoms with E-state index in [4.69, 9.17) is 0 Å². The van der Waals surface area contributed by atoms with Gasteiger partial charge in [0.05, 0.1) is 19.2 Å². The molecule has 0 unspecified atom stereocenters. The smallest absolute Gasteiger partial charge is 0.232 e. The quantitative estimate of drug-likeness (QED) is 0.794. The second-order valence-corrected chi connectivity index (χ2v) is 7.47. The molecule has 0 radical (unpaired) electrons. The van der Waals surface area contributed by atoms with Crippen LogP contribution in [0.4, 0.5) is 18.9 Å². The van der Waals surface area contributed by atoms with Crippen LogP contribution in [0, 0.1) is 17.5 Å². The molecule has 0 atom stereocenters. The van der Waals surface area contributed by atoms with Crippen molar-refractivity contribution in [2.45, 2.75) is 6.42 Å². The molecule has 0 saturated heterocycles. The van der Waals surface area contributed by atoms with Crippen molar-refractivity contribution in [2.24, 2.45) is 0 Å². The highest BCUT2D eigenvalue weighted by atomic mass is 32.2. The minimum absolute atomic E-state index is 0.0345. The fraction of sp³-hybridized carbons (Fsp3) is 0.235. The summed E-state index contributed by atoms with van der Waals surface area (Å²) in [5.41, 5.74) is -0.119. The summed E-state index contributed by atoms with van der Waals surface area (Å²) >= 11 is 0. The third-order valence-electron chi connectivity index (χ3n) is 3.50. The van der Waals surface area contributed by atoms with Crippen molar-refractivity contribution in [1.29, 1.82) is 0 Å². The predicted octanol–water partition coefficient (Wildman–Crippen LogP) is 2.23. The van der Waals surface area contributed by atoms with Gasteiger partial charge in [-0.25, -0.2) is 21.6 Å². The van der Waals surface area contributed by atoms with E-state index in [1.807, 2.05) is 0 Å². The molecule has 9 heteroatoms. The highest BCUT2D eigenvalue weighted by molar-refractivity contribution is 7.92. The number of benzene rings is 2. The molecule has 0 fully saturated rings. The molecular weight excluding hydrogens is 369 g/mol. The van der Waals surface area contributed by atoms with Gasteiger partial charge in [-0.05, 0) is 29.8 Å². The molecule has 0 aliphatic rings. The summed E-state index contributed by atoms with van der Waals surface area (Å²) in [5, 5.41) is 2.47. The molecule has 5 nitrogen and oxygen atoms in total. The lowest BCUT2D eigenvalue weighted by atomic mass is 10.1. The molecular formula is C17H17F3N2O3S. The van der Waals surface area contributed by atoms with Crippen LogP contribution in [0.3, 0.4) is 0 Å². The molecule has 1 N–H and O–H groups in total. The van der Waals surface area contributed by atoms with Gasteiger partial charge in [0.15, 0.2) is 11.6 Å². The van der Waals surface area contributed by atoms with Gasteiger partial charge in [0.1, 0.15) is 11.5 Å². The SMILES string of the molecule is CS(=O)(=O)N(CCNC(=O)Cc1ccc(F)cc1)c1c(F)cccc1F. The molecule has 140 valence electrons. The average Bonchev–Trinajstić information content (AvgIpc) is 2.54. The van der Waals surface area contributed by atoms with Crippen molar-refractivity contribution in [3.63, 3.8) is 0 Å². The van der Waals surface area contributed by atoms with Crippen LogP contribution in [0.1, 0.15) is 5.56 Å². The Kier molecular flexibility index (Phi) is 6.25. The largest absolute Gasteiger partial charge is 0.354 e. The predicted molar refractivity (Wildman–Crippen MR) is 91.7 cm³/mol. The van der Waals surface area contributed by atoms with Gasteiger partial charge in [0.25, 0.3) is 0 Å². The van der Waals surface area contributed by atoms with Crippen molar-refractivity contribution >= 4 is 21.6 Å². The number of anilines is 1. The van der Waals surface area contributed by atoms with Crippen LogP contribution in [0.15, 0.2) is 42.5 Å². The highest BCUT2D eigenvalue weighted by Gasteiger charge is 2.24. The maximum absolute atomic E-state index is 13.9. The summed E-state index contributed by atoms with van der Waals surface area (Å²) in [6.07, 6.45) is 0.784. The Hall–Kier alpha value is -2.55. The van der Waals surface area contributed by atoms with Crippen LogP contribution in [-0.4, -0.2) is 33.7 Å². The first kappa shape index (κ1) is 19.8. The zero-order chi connectivity index (χ0) is 19.3. The van der Waals surface area contributed by atoms with Crippen LogP contribution < -0.4 is 9.62 Å². The molecule has 2 aromatic carbocycles.